The van der Waals surface area contributed by atoms with Gasteiger partial charge in [-0.3, -0.25) is 4.79 Å². The van der Waals surface area contributed by atoms with E-state index in [4.69, 9.17) is 0 Å². The minimum atomic E-state index is -0.246. The van der Waals surface area contributed by atoms with Gasteiger partial charge in [0.05, 0.1) is 10.9 Å². The first kappa shape index (κ1) is 16.5. The second-order valence-corrected chi connectivity index (χ2v) is 8.03. The van der Waals surface area contributed by atoms with E-state index in [1.807, 2.05) is 39.0 Å². The summed E-state index contributed by atoms with van der Waals surface area (Å²) in [4.78, 5) is 12.4. The first-order valence-corrected chi connectivity index (χ1v) is 9.28. The number of carbonyl (C=O) groups excluding carboxylic acids is 1. The Labute approximate surface area is 148 Å². The maximum atomic E-state index is 12.4. The number of aromatic nitrogens is 3. The van der Waals surface area contributed by atoms with Gasteiger partial charge in [-0.25, -0.2) is 0 Å². The van der Waals surface area contributed by atoms with E-state index in [-0.39, 0.29) is 11.2 Å². The van der Waals surface area contributed by atoms with Crippen molar-refractivity contribution in [2.24, 2.45) is 0 Å². The molecule has 1 fully saturated rings. The standard InChI is InChI=1S/C16H19BrN4OS/c1-9-4-7-14(13(17)8-9)18-15(22)10(2)23-16-20-19-11(3)21(16)12-5-6-12/h4,7-8,10,12H,5-6H2,1-3H3,(H,18,22)/t10-/m1/s1. The van der Waals surface area contributed by atoms with Crippen molar-refractivity contribution in [1.82, 2.24) is 14.8 Å². The van der Waals surface area contributed by atoms with Crippen LogP contribution in [0.5, 0.6) is 0 Å². The molecule has 1 aromatic carbocycles. The summed E-state index contributed by atoms with van der Waals surface area (Å²) in [5.74, 6) is 0.881. The van der Waals surface area contributed by atoms with Crippen molar-refractivity contribution in [1.29, 1.82) is 0 Å². The third-order valence-corrected chi connectivity index (χ3v) is 5.49. The number of nitrogens with one attached hydrogen (secondary N) is 1. The molecule has 1 atom stereocenters. The quantitative estimate of drug-likeness (QED) is 0.774. The molecule has 0 bridgehead atoms. The monoisotopic (exact) mass is 394 g/mol. The minimum Gasteiger partial charge on any atom is -0.324 e. The van der Waals surface area contributed by atoms with Crippen LogP contribution in [0.3, 0.4) is 0 Å². The second kappa shape index (κ2) is 6.65. The predicted octanol–water partition coefficient (Wildman–Crippen LogP) is 4.11. The Morgan fingerprint density at radius 2 is 2.13 bits per heavy atom. The molecule has 2 aromatic rings. The van der Waals surface area contributed by atoms with Gasteiger partial charge in [0.25, 0.3) is 0 Å². The van der Waals surface area contributed by atoms with Gasteiger partial charge in [0.2, 0.25) is 5.91 Å². The van der Waals surface area contributed by atoms with Crippen LogP contribution in [-0.4, -0.2) is 25.9 Å². The molecule has 0 saturated heterocycles. The van der Waals surface area contributed by atoms with Crippen molar-refractivity contribution in [3.63, 3.8) is 0 Å². The van der Waals surface area contributed by atoms with E-state index in [0.29, 0.717) is 6.04 Å². The van der Waals surface area contributed by atoms with Crippen LogP contribution >= 0.6 is 27.7 Å². The minimum absolute atomic E-state index is 0.0393. The normalized spacial score (nSPS) is 15.5. The van der Waals surface area contributed by atoms with E-state index in [0.717, 1.165) is 26.7 Å². The molecular formula is C16H19BrN4OS. The van der Waals surface area contributed by atoms with Gasteiger partial charge < -0.3 is 9.88 Å². The van der Waals surface area contributed by atoms with Crippen LogP contribution in [-0.2, 0) is 4.79 Å². The van der Waals surface area contributed by atoms with Crippen molar-refractivity contribution < 1.29 is 4.79 Å². The average molecular weight is 395 g/mol. The number of aryl methyl sites for hydroxylation is 2. The molecule has 1 aromatic heterocycles. The third-order valence-electron chi connectivity index (χ3n) is 3.78. The van der Waals surface area contributed by atoms with Gasteiger partial charge in [-0.15, -0.1) is 10.2 Å². The smallest absolute Gasteiger partial charge is 0.237 e. The molecule has 0 spiro atoms. The first-order valence-electron chi connectivity index (χ1n) is 7.61. The maximum absolute atomic E-state index is 12.4. The summed E-state index contributed by atoms with van der Waals surface area (Å²) in [5, 5.41) is 11.9. The topological polar surface area (TPSA) is 59.8 Å². The van der Waals surface area contributed by atoms with Crippen molar-refractivity contribution in [3.05, 3.63) is 34.1 Å². The van der Waals surface area contributed by atoms with Crippen molar-refractivity contribution >= 4 is 39.3 Å². The van der Waals surface area contributed by atoms with E-state index in [9.17, 15) is 4.79 Å². The molecule has 1 heterocycles. The Balaban J connectivity index is 1.68. The van der Waals surface area contributed by atoms with Crippen LogP contribution < -0.4 is 5.32 Å². The molecule has 1 saturated carbocycles. The largest absolute Gasteiger partial charge is 0.324 e. The van der Waals surface area contributed by atoms with Crippen molar-refractivity contribution in [2.75, 3.05) is 5.32 Å². The van der Waals surface area contributed by atoms with Gasteiger partial charge in [0.1, 0.15) is 5.82 Å². The SMILES string of the molecule is Cc1ccc(NC(=O)[C@@H](C)Sc2nnc(C)n2C2CC2)c(Br)c1. The lowest BCUT2D eigenvalue weighted by Crippen LogP contribution is -2.23. The van der Waals surface area contributed by atoms with Gasteiger partial charge >= 0.3 is 0 Å². The molecule has 23 heavy (non-hydrogen) atoms. The second-order valence-electron chi connectivity index (χ2n) is 5.86. The van der Waals surface area contributed by atoms with E-state index >= 15 is 0 Å². The Hall–Kier alpha value is -1.34. The van der Waals surface area contributed by atoms with Gasteiger partial charge in [-0.05, 0) is 67.2 Å². The summed E-state index contributed by atoms with van der Waals surface area (Å²) >= 11 is 4.94. The molecule has 7 heteroatoms. The molecule has 0 unspecified atom stereocenters. The first-order chi connectivity index (χ1) is 11.0. The van der Waals surface area contributed by atoms with Crippen LogP contribution in [0.1, 0.15) is 37.2 Å². The van der Waals surface area contributed by atoms with Crippen LogP contribution in [0.4, 0.5) is 5.69 Å². The molecule has 3 rings (SSSR count). The lowest BCUT2D eigenvalue weighted by Gasteiger charge is -2.14. The molecule has 1 N–H and O–H groups in total. The predicted molar refractivity (Wildman–Crippen MR) is 95.9 cm³/mol. The van der Waals surface area contributed by atoms with E-state index in [1.54, 1.807) is 0 Å². The number of hydrogen-bond donors (Lipinski definition) is 1. The number of nitrogens with zero attached hydrogens (tertiary/aromatic N) is 3. The number of halogens is 1. The molecule has 0 aliphatic heterocycles. The lowest BCUT2D eigenvalue weighted by molar-refractivity contribution is -0.115. The van der Waals surface area contributed by atoms with Crippen molar-refractivity contribution in [2.45, 2.75) is 50.1 Å². The fourth-order valence-corrected chi connectivity index (χ4v) is 3.91. The number of thioether (sulfide) groups is 1. The van der Waals surface area contributed by atoms with Crippen LogP contribution in [0, 0.1) is 13.8 Å². The number of benzene rings is 1. The molecule has 0 radical (unpaired) electrons. The highest BCUT2D eigenvalue weighted by atomic mass is 79.9. The number of rotatable bonds is 5. The highest BCUT2D eigenvalue weighted by Gasteiger charge is 2.29. The molecular weight excluding hydrogens is 376 g/mol. The fourth-order valence-electron chi connectivity index (χ4n) is 2.35. The maximum Gasteiger partial charge on any atom is 0.237 e. The molecule has 122 valence electrons. The van der Waals surface area contributed by atoms with Gasteiger partial charge in [-0.2, -0.15) is 0 Å². The Kier molecular flexibility index (Phi) is 4.77. The number of carbonyl (C=O) groups is 1. The Morgan fingerprint density at radius 1 is 1.39 bits per heavy atom. The zero-order valence-corrected chi connectivity index (χ0v) is 15.7. The summed E-state index contributed by atoms with van der Waals surface area (Å²) < 4.78 is 3.04. The highest BCUT2D eigenvalue weighted by molar-refractivity contribution is 9.10. The van der Waals surface area contributed by atoms with Crippen molar-refractivity contribution in [3.8, 4) is 0 Å². The van der Waals surface area contributed by atoms with Crippen LogP contribution in [0.2, 0.25) is 0 Å². The summed E-state index contributed by atoms with van der Waals surface area (Å²) in [5.41, 5.74) is 1.93. The zero-order valence-electron chi connectivity index (χ0n) is 13.3. The van der Waals surface area contributed by atoms with E-state index in [2.05, 4.69) is 36.0 Å². The number of hydrogen-bond acceptors (Lipinski definition) is 4. The fraction of sp³-hybridized carbons (Fsp3) is 0.438. The molecule has 1 aliphatic carbocycles. The summed E-state index contributed by atoms with van der Waals surface area (Å²) in [6.07, 6.45) is 2.34. The van der Waals surface area contributed by atoms with Gasteiger partial charge in [-0.1, -0.05) is 17.8 Å². The highest BCUT2D eigenvalue weighted by Crippen LogP contribution is 2.39. The Morgan fingerprint density at radius 3 is 2.78 bits per heavy atom. The number of amides is 1. The van der Waals surface area contributed by atoms with Gasteiger partial charge in [0, 0.05) is 10.5 Å². The average Bonchev–Trinajstić information content (AvgIpc) is 3.26. The number of anilines is 1. The van der Waals surface area contributed by atoms with Crippen LogP contribution in [0.25, 0.3) is 0 Å². The summed E-state index contributed by atoms with van der Waals surface area (Å²) in [7, 11) is 0. The Bertz CT molecular complexity index is 742. The molecule has 1 aliphatic rings. The van der Waals surface area contributed by atoms with E-state index in [1.165, 1.54) is 24.6 Å². The summed E-state index contributed by atoms with van der Waals surface area (Å²) in [6.45, 7) is 5.87. The van der Waals surface area contributed by atoms with E-state index < -0.39 is 0 Å². The third kappa shape index (κ3) is 3.77. The lowest BCUT2D eigenvalue weighted by atomic mass is 10.2. The zero-order chi connectivity index (χ0) is 16.6. The van der Waals surface area contributed by atoms with Gasteiger partial charge in [0.15, 0.2) is 5.16 Å². The molecule has 5 nitrogen and oxygen atoms in total. The summed E-state index contributed by atoms with van der Waals surface area (Å²) in [6, 6.07) is 6.38. The molecule has 1 amide bonds. The van der Waals surface area contributed by atoms with Crippen LogP contribution in [0.15, 0.2) is 27.8 Å².